The van der Waals surface area contributed by atoms with Gasteiger partial charge in [-0.2, -0.15) is 5.10 Å². The second-order valence-electron chi connectivity index (χ2n) is 7.14. The van der Waals surface area contributed by atoms with Crippen LogP contribution in [-0.2, 0) is 4.79 Å². The predicted molar refractivity (Wildman–Crippen MR) is 119 cm³/mol. The SMILES string of the molecule is COc1ccccc1[C@H]1CC(c2c(O)n(-c3ccc(Cl)cc3)c(=O)[nH]c2=O)=NN1C(C)=O. The average molecular weight is 455 g/mol. The summed E-state index contributed by atoms with van der Waals surface area (Å²) in [6.07, 6.45) is 0.134. The number of H-pyrrole nitrogens is 1. The standard InChI is InChI=1S/C22H19ClN4O5/c1-12(28)27-17(15-5-3-4-6-18(15)32-2)11-16(25-27)19-20(29)24-22(31)26(21(19)30)14-9-7-13(23)8-10-14/h3-10,17,30H,11H2,1-2H3,(H,24,29,31)/t17-/m1/s1. The average Bonchev–Trinajstić information content (AvgIpc) is 3.19. The van der Waals surface area contributed by atoms with Gasteiger partial charge >= 0.3 is 5.69 Å². The number of aromatic hydroxyl groups is 1. The summed E-state index contributed by atoms with van der Waals surface area (Å²) in [6.45, 7) is 1.35. The zero-order valence-electron chi connectivity index (χ0n) is 17.2. The molecule has 1 amide bonds. The van der Waals surface area contributed by atoms with Crippen molar-refractivity contribution in [2.24, 2.45) is 5.10 Å². The summed E-state index contributed by atoms with van der Waals surface area (Å²) >= 11 is 5.91. The summed E-state index contributed by atoms with van der Waals surface area (Å²) in [5.74, 6) is -0.369. The van der Waals surface area contributed by atoms with Crippen LogP contribution in [0.2, 0.25) is 5.02 Å². The molecule has 32 heavy (non-hydrogen) atoms. The number of ether oxygens (including phenoxy) is 1. The van der Waals surface area contributed by atoms with E-state index in [4.69, 9.17) is 16.3 Å². The van der Waals surface area contributed by atoms with Gasteiger partial charge in [-0.25, -0.2) is 14.4 Å². The molecule has 3 aromatic rings. The molecule has 1 aliphatic heterocycles. The van der Waals surface area contributed by atoms with Crippen molar-refractivity contribution in [1.29, 1.82) is 0 Å². The number of methoxy groups -OCH3 is 1. The van der Waals surface area contributed by atoms with E-state index in [1.165, 1.54) is 31.2 Å². The van der Waals surface area contributed by atoms with E-state index < -0.39 is 23.2 Å². The van der Waals surface area contributed by atoms with E-state index in [1.54, 1.807) is 36.4 Å². The zero-order chi connectivity index (χ0) is 23.0. The van der Waals surface area contributed by atoms with Crippen molar-refractivity contribution in [2.45, 2.75) is 19.4 Å². The molecule has 164 valence electrons. The highest BCUT2D eigenvalue weighted by Crippen LogP contribution is 2.37. The van der Waals surface area contributed by atoms with E-state index in [1.807, 2.05) is 0 Å². The van der Waals surface area contributed by atoms with Crippen LogP contribution in [-0.4, -0.2) is 38.4 Å². The minimum Gasteiger partial charge on any atom is -0.496 e. The molecule has 9 nitrogen and oxygen atoms in total. The van der Waals surface area contributed by atoms with Gasteiger partial charge in [-0.1, -0.05) is 29.8 Å². The molecular weight excluding hydrogens is 436 g/mol. The quantitative estimate of drug-likeness (QED) is 0.628. The highest BCUT2D eigenvalue weighted by Gasteiger charge is 2.35. The lowest BCUT2D eigenvalue weighted by Crippen LogP contribution is -2.33. The van der Waals surface area contributed by atoms with Gasteiger partial charge in [0.15, 0.2) is 0 Å². The van der Waals surface area contributed by atoms with Crippen LogP contribution in [0.3, 0.4) is 0 Å². The zero-order valence-corrected chi connectivity index (χ0v) is 18.0. The molecule has 2 aromatic carbocycles. The third-order valence-corrected chi connectivity index (χ3v) is 5.44. The molecule has 0 unspecified atom stereocenters. The lowest BCUT2D eigenvalue weighted by Gasteiger charge is -2.22. The number of hydrazone groups is 1. The fraction of sp³-hybridized carbons (Fsp3) is 0.182. The Bertz CT molecular complexity index is 1340. The Morgan fingerprint density at radius 3 is 2.53 bits per heavy atom. The van der Waals surface area contributed by atoms with E-state index in [0.717, 1.165) is 4.57 Å². The van der Waals surface area contributed by atoms with E-state index >= 15 is 0 Å². The van der Waals surface area contributed by atoms with Crippen molar-refractivity contribution < 1.29 is 14.6 Å². The van der Waals surface area contributed by atoms with Crippen molar-refractivity contribution in [3.05, 3.63) is 85.5 Å². The fourth-order valence-corrected chi connectivity index (χ4v) is 3.88. The number of amides is 1. The van der Waals surface area contributed by atoms with Gasteiger partial charge in [0.25, 0.3) is 5.56 Å². The lowest BCUT2D eigenvalue weighted by atomic mass is 9.98. The van der Waals surface area contributed by atoms with Gasteiger partial charge < -0.3 is 9.84 Å². The van der Waals surface area contributed by atoms with Crippen molar-refractivity contribution in [1.82, 2.24) is 14.6 Å². The van der Waals surface area contributed by atoms with E-state index in [0.29, 0.717) is 22.0 Å². The first-order valence-corrected chi connectivity index (χ1v) is 10.0. The number of nitrogens with one attached hydrogen (secondary N) is 1. The summed E-state index contributed by atoms with van der Waals surface area (Å²) in [7, 11) is 1.52. The van der Waals surface area contributed by atoms with E-state index in [9.17, 15) is 19.5 Å². The van der Waals surface area contributed by atoms with Crippen LogP contribution in [0.25, 0.3) is 5.69 Å². The number of aromatic nitrogens is 2. The Morgan fingerprint density at radius 1 is 1.19 bits per heavy atom. The second kappa shape index (κ2) is 8.35. The lowest BCUT2D eigenvalue weighted by molar-refractivity contribution is -0.130. The van der Waals surface area contributed by atoms with Crippen LogP contribution in [0.15, 0.2) is 63.2 Å². The normalized spacial score (nSPS) is 15.5. The van der Waals surface area contributed by atoms with Gasteiger partial charge in [0, 0.05) is 23.9 Å². The molecule has 1 atom stereocenters. The number of hydrogen-bond acceptors (Lipinski definition) is 6. The van der Waals surface area contributed by atoms with E-state index in [-0.39, 0.29) is 23.6 Å². The third-order valence-electron chi connectivity index (χ3n) is 5.19. The Balaban J connectivity index is 1.85. The Labute approximate surface area is 187 Å². The first kappa shape index (κ1) is 21.4. The highest BCUT2D eigenvalue weighted by atomic mass is 35.5. The number of para-hydroxylation sites is 1. The molecular formula is C22H19ClN4O5. The van der Waals surface area contributed by atoms with Gasteiger partial charge in [-0.3, -0.25) is 14.6 Å². The molecule has 0 bridgehead atoms. The van der Waals surface area contributed by atoms with Gasteiger partial charge in [-0.15, -0.1) is 0 Å². The summed E-state index contributed by atoms with van der Waals surface area (Å²) < 4.78 is 6.36. The maximum atomic E-state index is 12.7. The summed E-state index contributed by atoms with van der Waals surface area (Å²) in [5, 5.41) is 16.9. The molecule has 4 rings (SSSR count). The molecule has 10 heteroatoms. The number of benzene rings is 2. The highest BCUT2D eigenvalue weighted by molar-refractivity contribution is 6.30. The van der Waals surface area contributed by atoms with Crippen LogP contribution in [0, 0.1) is 0 Å². The molecule has 0 saturated carbocycles. The Hall–Kier alpha value is -3.85. The van der Waals surface area contributed by atoms with Gasteiger partial charge in [0.2, 0.25) is 11.8 Å². The van der Waals surface area contributed by atoms with Crippen molar-refractivity contribution in [2.75, 3.05) is 7.11 Å². The van der Waals surface area contributed by atoms with Crippen LogP contribution < -0.4 is 16.0 Å². The van der Waals surface area contributed by atoms with Gasteiger partial charge in [0.05, 0.1) is 24.6 Å². The van der Waals surface area contributed by atoms with Crippen molar-refractivity contribution >= 4 is 23.2 Å². The molecule has 1 aliphatic rings. The first-order chi connectivity index (χ1) is 15.3. The van der Waals surface area contributed by atoms with Gasteiger partial charge in [0.1, 0.15) is 11.3 Å². The number of carbonyl (C=O) groups is 1. The van der Waals surface area contributed by atoms with Crippen LogP contribution in [0.5, 0.6) is 11.6 Å². The topological polar surface area (TPSA) is 117 Å². The number of aromatic amines is 1. The van der Waals surface area contributed by atoms with E-state index in [2.05, 4.69) is 10.1 Å². The number of halogens is 1. The summed E-state index contributed by atoms with van der Waals surface area (Å²) in [5.41, 5.74) is -0.646. The smallest absolute Gasteiger partial charge is 0.335 e. The minimum atomic E-state index is -0.818. The van der Waals surface area contributed by atoms with Crippen LogP contribution >= 0.6 is 11.6 Å². The molecule has 1 aromatic heterocycles. The van der Waals surface area contributed by atoms with Crippen molar-refractivity contribution in [3.8, 4) is 17.3 Å². The van der Waals surface area contributed by atoms with Crippen molar-refractivity contribution in [3.63, 3.8) is 0 Å². The van der Waals surface area contributed by atoms with Crippen LogP contribution in [0.4, 0.5) is 0 Å². The maximum absolute atomic E-state index is 12.7. The maximum Gasteiger partial charge on any atom is 0.335 e. The summed E-state index contributed by atoms with van der Waals surface area (Å²) in [4.78, 5) is 39.6. The second-order valence-corrected chi connectivity index (χ2v) is 7.58. The van der Waals surface area contributed by atoms with Gasteiger partial charge in [-0.05, 0) is 30.3 Å². The third kappa shape index (κ3) is 3.67. The minimum absolute atomic E-state index is 0.134. The molecule has 0 spiro atoms. The predicted octanol–water partition coefficient (Wildman–Crippen LogP) is 2.59. The first-order valence-electron chi connectivity index (χ1n) is 9.66. The Morgan fingerprint density at radius 2 is 1.88 bits per heavy atom. The molecule has 2 N–H and O–H groups in total. The molecule has 0 saturated heterocycles. The number of hydrogen-bond donors (Lipinski definition) is 2. The molecule has 0 radical (unpaired) electrons. The van der Waals surface area contributed by atoms with Crippen LogP contribution in [0.1, 0.15) is 30.5 Å². The fourth-order valence-electron chi connectivity index (χ4n) is 3.75. The number of rotatable bonds is 4. The monoisotopic (exact) mass is 454 g/mol. The number of nitrogens with zero attached hydrogens (tertiary/aromatic N) is 3. The molecule has 0 aliphatic carbocycles. The molecule has 0 fully saturated rings. The molecule has 2 heterocycles. The summed E-state index contributed by atoms with van der Waals surface area (Å²) in [6, 6.07) is 12.8. The number of carbonyl (C=O) groups excluding carboxylic acids is 1. The Kier molecular flexibility index (Phi) is 5.58. The largest absolute Gasteiger partial charge is 0.496 e.